The molecule has 0 N–H and O–H groups in total. The van der Waals surface area contributed by atoms with Gasteiger partial charge in [0, 0.05) is 24.6 Å². The third-order valence-electron chi connectivity index (χ3n) is 9.51. The third-order valence-corrected chi connectivity index (χ3v) is 9.51. The largest absolute Gasteiger partial charge is 0.356 e. The summed E-state index contributed by atoms with van der Waals surface area (Å²) >= 11 is 0. The van der Waals surface area contributed by atoms with Crippen LogP contribution in [0, 0.1) is 0 Å². The molecule has 0 saturated carbocycles. The van der Waals surface area contributed by atoms with E-state index in [2.05, 4.69) is 66.4 Å². The summed E-state index contributed by atoms with van der Waals surface area (Å²) in [6, 6.07) is 11.1. The van der Waals surface area contributed by atoms with Crippen LogP contribution >= 0.6 is 0 Å². The van der Waals surface area contributed by atoms with Crippen molar-refractivity contribution in [1.82, 2.24) is 4.90 Å². The molecular formula is C40H72N2. The van der Waals surface area contributed by atoms with Gasteiger partial charge in [0.25, 0.3) is 0 Å². The lowest BCUT2D eigenvalue weighted by molar-refractivity contribution is 0.273. The molecule has 242 valence electrons. The van der Waals surface area contributed by atoms with Gasteiger partial charge in [-0.15, -0.1) is 0 Å². The molecule has 0 radical (unpaired) electrons. The lowest BCUT2D eigenvalue weighted by Crippen LogP contribution is -2.39. The predicted octanol–water partition coefficient (Wildman–Crippen LogP) is 13.6. The van der Waals surface area contributed by atoms with E-state index in [4.69, 9.17) is 0 Å². The Balaban J connectivity index is 1.53. The molecule has 1 heterocycles. The average molecular weight is 581 g/mol. The molecule has 0 fully saturated rings. The molecular weight excluding hydrogens is 508 g/mol. The number of para-hydroxylation sites is 1. The van der Waals surface area contributed by atoms with Gasteiger partial charge in [-0.1, -0.05) is 193 Å². The van der Waals surface area contributed by atoms with E-state index in [1.165, 1.54) is 192 Å². The fourth-order valence-electron chi connectivity index (χ4n) is 6.74. The van der Waals surface area contributed by atoms with Crippen molar-refractivity contribution in [2.75, 3.05) is 11.4 Å². The van der Waals surface area contributed by atoms with Crippen LogP contribution in [0.3, 0.4) is 0 Å². The zero-order valence-corrected chi connectivity index (χ0v) is 28.5. The Morgan fingerprint density at radius 1 is 0.429 bits per heavy atom. The van der Waals surface area contributed by atoms with Crippen molar-refractivity contribution in [3.05, 3.63) is 42.7 Å². The zero-order chi connectivity index (χ0) is 29.8. The van der Waals surface area contributed by atoms with Gasteiger partial charge in [-0.2, -0.15) is 0 Å². The molecule has 2 nitrogen and oxygen atoms in total. The van der Waals surface area contributed by atoms with Crippen LogP contribution in [0.15, 0.2) is 42.7 Å². The fourth-order valence-corrected chi connectivity index (χ4v) is 6.74. The molecule has 1 aromatic rings. The molecule has 2 rings (SSSR count). The van der Waals surface area contributed by atoms with Gasteiger partial charge < -0.3 is 9.80 Å². The first-order chi connectivity index (χ1) is 20.9. The summed E-state index contributed by atoms with van der Waals surface area (Å²) in [6.07, 6.45) is 45.1. The predicted molar refractivity (Wildman–Crippen MR) is 189 cm³/mol. The molecule has 0 amide bonds. The van der Waals surface area contributed by atoms with Crippen molar-refractivity contribution < 1.29 is 0 Å². The minimum Gasteiger partial charge on any atom is -0.356 e. The molecule has 1 aromatic carbocycles. The summed E-state index contributed by atoms with van der Waals surface area (Å²) in [5, 5.41) is 0. The highest BCUT2D eigenvalue weighted by molar-refractivity contribution is 5.51. The fraction of sp³-hybridized carbons (Fsp3) is 0.800. The summed E-state index contributed by atoms with van der Waals surface area (Å²) in [4.78, 5) is 5.18. The van der Waals surface area contributed by atoms with Crippen LogP contribution < -0.4 is 4.90 Å². The van der Waals surface area contributed by atoms with E-state index in [0.717, 1.165) is 0 Å². The normalized spacial score (nSPS) is 14.9. The van der Waals surface area contributed by atoms with E-state index >= 15 is 0 Å². The van der Waals surface area contributed by atoms with Crippen LogP contribution in [0.2, 0.25) is 0 Å². The first-order valence-corrected chi connectivity index (χ1v) is 19.1. The van der Waals surface area contributed by atoms with Crippen LogP contribution in [0.25, 0.3) is 0 Å². The van der Waals surface area contributed by atoms with Crippen molar-refractivity contribution in [2.45, 2.75) is 200 Å². The highest BCUT2D eigenvalue weighted by atomic mass is 15.4. The van der Waals surface area contributed by atoms with Crippen molar-refractivity contribution in [3.63, 3.8) is 0 Å². The number of unbranched alkanes of at least 4 members (excludes halogenated alkanes) is 25. The number of anilines is 1. The van der Waals surface area contributed by atoms with Crippen molar-refractivity contribution in [2.24, 2.45) is 0 Å². The van der Waals surface area contributed by atoms with Gasteiger partial charge >= 0.3 is 0 Å². The Morgan fingerprint density at radius 2 is 0.810 bits per heavy atom. The Bertz CT molecular complexity index is 714. The maximum atomic E-state index is 2.65. The standard InChI is InChI=1S/C40H72N2/c1-3-5-7-9-11-13-15-17-19-21-23-25-27-32-36-41-37-38-42(39-33-29-28-30-34-39)40(41)35-31-26-24-22-20-18-16-14-12-10-8-6-4-2/h28-30,33-34,37-38,40H,3-27,31-32,35-36H2,1-2H3. The molecule has 1 atom stereocenters. The summed E-state index contributed by atoms with van der Waals surface area (Å²) in [7, 11) is 0. The van der Waals surface area contributed by atoms with Gasteiger partial charge in [0.05, 0.1) is 0 Å². The third kappa shape index (κ3) is 18.3. The number of rotatable bonds is 30. The minimum absolute atomic E-state index is 0.502. The number of nitrogens with zero attached hydrogens (tertiary/aromatic N) is 2. The van der Waals surface area contributed by atoms with E-state index in [9.17, 15) is 0 Å². The second-order valence-corrected chi connectivity index (χ2v) is 13.4. The van der Waals surface area contributed by atoms with E-state index in [0.29, 0.717) is 6.17 Å². The SMILES string of the molecule is CCCCCCCCCCCCCCCCN1C=CN(c2ccccc2)C1CCCCCCCCCCCCCCC. The van der Waals surface area contributed by atoms with E-state index < -0.39 is 0 Å². The lowest BCUT2D eigenvalue weighted by atomic mass is 10.0. The van der Waals surface area contributed by atoms with Crippen LogP contribution in [0.1, 0.15) is 194 Å². The minimum atomic E-state index is 0.502. The number of benzene rings is 1. The number of hydrogen-bond acceptors (Lipinski definition) is 2. The highest BCUT2D eigenvalue weighted by Gasteiger charge is 2.26. The molecule has 1 aliphatic rings. The van der Waals surface area contributed by atoms with Crippen molar-refractivity contribution in [3.8, 4) is 0 Å². The maximum absolute atomic E-state index is 2.65. The zero-order valence-electron chi connectivity index (χ0n) is 28.5. The van der Waals surface area contributed by atoms with Gasteiger partial charge in [-0.3, -0.25) is 0 Å². The molecule has 0 aromatic heterocycles. The maximum Gasteiger partial charge on any atom is 0.105 e. The quantitative estimate of drug-likeness (QED) is 0.0835. The molecule has 2 heteroatoms. The van der Waals surface area contributed by atoms with Gasteiger partial charge in [-0.25, -0.2) is 0 Å². The van der Waals surface area contributed by atoms with Gasteiger partial charge in [-0.05, 0) is 31.4 Å². The molecule has 0 saturated heterocycles. The highest BCUT2D eigenvalue weighted by Crippen LogP contribution is 2.28. The second kappa shape index (κ2) is 27.1. The van der Waals surface area contributed by atoms with Crippen LogP contribution in [0.4, 0.5) is 5.69 Å². The van der Waals surface area contributed by atoms with E-state index in [-0.39, 0.29) is 0 Å². The number of hydrogen-bond donors (Lipinski definition) is 0. The monoisotopic (exact) mass is 581 g/mol. The summed E-state index contributed by atoms with van der Waals surface area (Å²) < 4.78 is 0. The Morgan fingerprint density at radius 3 is 1.24 bits per heavy atom. The van der Waals surface area contributed by atoms with Crippen LogP contribution in [-0.2, 0) is 0 Å². The Kier molecular flexibility index (Phi) is 23.7. The first kappa shape index (κ1) is 36.8. The molecule has 1 unspecified atom stereocenters. The molecule has 42 heavy (non-hydrogen) atoms. The van der Waals surface area contributed by atoms with Gasteiger partial charge in [0.15, 0.2) is 0 Å². The summed E-state index contributed by atoms with van der Waals surface area (Å²) in [5.74, 6) is 0. The summed E-state index contributed by atoms with van der Waals surface area (Å²) in [6.45, 7) is 5.82. The smallest absolute Gasteiger partial charge is 0.105 e. The van der Waals surface area contributed by atoms with E-state index in [1.54, 1.807) is 0 Å². The first-order valence-electron chi connectivity index (χ1n) is 19.1. The topological polar surface area (TPSA) is 6.48 Å². The van der Waals surface area contributed by atoms with Crippen molar-refractivity contribution >= 4 is 5.69 Å². The molecule has 0 aliphatic carbocycles. The second-order valence-electron chi connectivity index (χ2n) is 13.4. The molecule has 1 aliphatic heterocycles. The van der Waals surface area contributed by atoms with Gasteiger partial charge in [0.2, 0.25) is 0 Å². The average Bonchev–Trinajstić information content (AvgIpc) is 3.42. The van der Waals surface area contributed by atoms with Crippen LogP contribution in [-0.4, -0.2) is 17.6 Å². The Labute approximate surface area is 264 Å². The lowest BCUT2D eigenvalue weighted by Gasteiger charge is -2.33. The van der Waals surface area contributed by atoms with Crippen LogP contribution in [0.5, 0.6) is 0 Å². The summed E-state index contributed by atoms with van der Waals surface area (Å²) in [5.41, 5.74) is 1.34. The van der Waals surface area contributed by atoms with Gasteiger partial charge in [0.1, 0.15) is 6.17 Å². The molecule has 0 spiro atoms. The van der Waals surface area contributed by atoms with Crippen molar-refractivity contribution in [1.29, 1.82) is 0 Å². The van der Waals surface area contributed by atoms with E-state index in [1.807, 2.05) is 0 Å². The molecule has 0 bridgehead atoms. The Hall–Kier alpha value is -1.44.